The largest absolute Gasteiger partial charge is 0.254 e. The molecule has 1 atom stereocenters. The van der Waals surface area contributed by atoms with Crippen LogP contribution in [-0.4, -0.2) is 10.5 Å². The minimum Gasteiger partial charge on any atom is -0.254 e. The summed E-state index contributed by atoms with van der Waals surface area (Å²) in [6, 6.07) is 3.78. The van der Waals surface area contributed by atoms with Crippen molar-refractivity contribution in [3.8, 4) is 0 Å². The van der Waals surface area contributed by atoms with Crippen molar-refractivity contribution in [3.63, 3.8) is 0 Å². The highest BCUT2D eigenvalue weighted by Crippen LogP contribution is 2.11. The molecule has 3 heteroatoms. The standard InChI is InChI=1S/C5H6OS2.C2H6/c1-8(6)5-3-2-4-7-5;1-2/h2-4H,1H3;1-2H3. The first-order valence-corrected chi connectivity index (χ1v) is 5.61. The Kier molecular flexibility index (Phi) is 5.54. The number of hydrogen-bond donors (Lipinski definition) is 0. The molecule has 0 spiro atoms. The molecule has 0 fully saturated rings. The molecule has 58 valence electrons. The average Bonchev–Trinajstić information content (AvgIpc) is 2.42. The second-order valence-corrected chi connectivity index (χ2v) is 3.94. The quantitative estimate of drug-likeness (QED) is 0.642. The number of rotatable bonds is 1. The third-order valence-corrected chi connectivity index (χ3v) is 3.14. The van der Waals surface area contributed by atoms with Crippen molar-refractivity contribution in [2.45, 2.75) is 18.1 Å². The molecule has 1 unspecified atom stereocenters. The third-order valence-electron chi connectivity index (χ3n) is 0.778. The predicted octanol–water partition coefficient (Wildman–Crippen LogP) is 2.51. The van der Waals surface area contributed by atoms with Crippen molar-refractivity contribution < 1.29 is 4.21 Å². The van der Waals surface area contributed by atoms with E-state index in [9.17, 15) is 4.21 Å². The van der Waals surface area contributed by atoms with Gasteiger partial charge < -0.3 is 0 Å². The van der Waals surface area contributed by atoms with Gasteiger partial charge in [0, 0.05) is 6.26 Å². The molecule has 0 aliphatic rings. The molecule has 0 amide bonds. The molecule has 0 saturated carbocycles. The van der Waals surface area contributed by atoms with E-state index in [1.54, 1.807) is 6.26 Å². The highest BCUT2D eigenvalue weighted by molar-refractivity contribution is 7.86. The fourth-order valence-corrected chi connectivity index (χ4v) is 1.85. The highest BCUT2D eigenvalue weighted by atomic mass is 32.2. The molecule has 1 nitrogen and oxygen atoms in total. The monoisotopic (exact) mass is 176 g/mol. The molecule has 1 aromatic rings. The van der Waals surface area contributed by atoms with E-state index in [0.29, 0.717) is 0 Å². The van der Waals surface area contributed by atoms with Crippen LogP contribution >= 0.6 is 11.3 Å². The lowest BCUT2D eigenvalue weighted by molar-refractivity contribution is 0.688. The molecule has 0 aliphatic heterocycles. The Morgan fingerprint density at radius 2 is 2.10 bits per heavy atom. The number of hydrogen-bond acceptors (Lipinski definition) is 2. The van der Waals surface area contributed by atoms with Gasteiger partial charge in [0.15, 0.2) is 0 Å². The second kappa shape index (κ2) is 5.62. The summed E-state index contributed by atoms with van der Waals surface area (Å²) >= 11 is 1.53. The summed E-state index contributed by atoms with van der Waals surface area (Å²) in [4.78, 5) is 0. The highest BCUT2D eigenvalue weighted by Gasteiger charge is 1.93. The van der Waals surface area contributed by atoms with Crippen molar-refractivity contribution in [1.29, 1.82) is 0 Å². The summed E-state index contributed by atoms with van der Waals surface area (Å²) in [6.45, 7) is 4.00. The Balaban J connectivity index is 0.000000371. The maximum Gasteiger partial charge on any atom is 0.0907 e. The molecule has 0 bridgehead atoms. The summed E-state index contributed by atoms with van der Waals surface area (Å²) in [7, 11) is -0.779. The predicted molar refractivity (Wildman–Crippen MR) is 48.0 cm³/mol. The van der Waals surface area contributed by atoms with Gasteiger partial charge in [-0.25, -0.2) is 0 Å². The van der Waals surface area contributed by atoms with Crippen LogP contribution < -0.4 is 0 Å². The molecule has 0 radical (unpaired) electrons. The van der Waals surface area contributed by atoms with Crippen LogP contribution in [0.3, 0.4) is 0 Å². The maximum absolute atomic E-state index is 10.6. The Morgan fingerprint density at radius 1 is 1.50 bits per heavy atom. The fourth-order valence-electron chi connectivity index (χ4n) is 0.427. The van der Waals surface area contributed by atoms with Crippen LogP contribution in [-0.2, 0) is 10.8 Å². The van der Waals surface area contributed by atoms with Crippen LogP contribution in [0.15, 0.2) is 21.7 Å². The SMILES string of the molecule is CC.CS(=O)c1cccs1. The zero-order valence-corrected chi connectivity index (χ0v) is 8.09. The van der Waals surface area contributed by atoms with E-state index in [1.807, 2.05) is 31.4 Å². The van der Waals surface area contributed by atoms with Crippen LogP contribution in [0.1, 0.15) is 13.8 Å². The fraction of sp³-hybridized carbons (Fsp3) is 0.429. The van der Waals surface area contributed by atoms with Gasteiger partial charge in [0.1, 0.15) is 0 Å². The van der Waals surface area contributed by atoms with Gasteiger partial charge in [-0.15, -0.1) is 11.3 Å². The molecule has 0 aromatic carbocycles. The van der Waals surface area contributed by atoms with Crippen LogP contribution in [0.25, 0.3) is 0 Å². The minimum atomic E-state index is -0.779. The first kappa shape index (κ1) is 9.85. The summed E-state index contributed by atoms with van der Waals surface area (Å²) in [5.74, 6) is 0. The van der Waals surface area contributed by atoms with Gasteiger partial charge in [-0.3, -0.25) is 4.21 Å². The lowest BCUT2D eigenvalue weighted by atomic mass is 10.7. The Bertz CT molecular complexity index is 179. The second-order valence-electron chi connectivity index (χ2n) is 1.39. The summed E-state index contributed by atoms with van der Waals surface area (Å²) < 4.78 is 11.6. The van der Waals surface area contributed by atoms with Gasteiger partial charge in [-0.05, 0) is 11.4 Å². The Morgan fingerprint density at radius 3 is 2.30 bits per heavy atom. The Hall–Kier alpha value is -0.150. The van der Waals surface area contributed by atoms with Gasteiger partial charge in [0.25, 0.3) is 0 Å². The minimum absolute atomic E-state index is 0.779. The first-order chi connectivity index (χ1) is 4.80. The molecule has 0 N–H and O–H groups in total. The van der Waals surface area contributed by atoms with Crippen LogP contribution in [0.5, 0.6) is 0 Å². The van der Waals surface area contributed by atoms with Crippen LogP contribution in [0, 0.1) is 0 Å². The van der Waals surface area contributed by atoms with E-state index in [-0.39, 0.29) is 0 Å². The van der Waals surface area contributed by atoms with Crippen molar-refractivity contribution in [2.24, 2.45) is 0 Å². The lowest BCUT2D eigenvalue weighted by Crippen LogP contribution is -1.78. The van der Waals surface area contributed by atoms with Gasteiger partial charge in [-0.2, -0.15) is 0 Å². The lowest BCUT2D eigenvalue weighted by Gasteiger charge is -1.81. The van der Waals surface area contributed by atoms with Crippen molar-refractivity contribution >= 4 is 22.1 Å². The van der Waals surface area contributed by atoms with Gasteiger partial charge in [0.05, 0.1) is 15.0 Å². The smallest absolute Gasteiger partial charge is 0.0907 e. The van der Waals surface area contributed by atoms with E-state index in [0.717, 1.165) is 4.21 Å². The summed E-state index contributed by atoms with van der Waals surface area (Å²) in [5.41, 5.74) is 0. The van der Waals surface area contributed by atoms with Gasteiger partial charge in [0.2, 0.25) is 0 Å². The van der Waals surface area contributed by atoms with E-state index in [1.165, 1.54) is 11.3 Å². The normalized spacial score (nSPS) is 11.5. The van der Waals surface area contributed by atoms with Crippen molar-refractivity contribution in [3.05, 3.63) is 17.5 Å². The molecule has 0 saturated heterocycles. The molecule has 0 aliphatic carbocycles. The van der Waals surface area contributed by atoms with E-state index >= 15 is 0 Å². The zero-order valence-electron chi connectivity index (χ0n) is 6.46. The number of thiophene rings is 1. The zero-order chi connectivity index (χ0) is 7.98. The molecular formula is C7H12OS2. The molecule has 1 heterocycles. The van der Waals surface area contributed by atoms with Crippen molar-refractivity contribution in [1.82, 2.24) is 0 Å². The van der Waals surface area contributed by atoms with Gasteiger partial charge in [-0.1, -0.05) is 19.9 Å². The van der Waals surface area contributed by atoms with Gasteiger partial charge >= 0.3 is 0 Å². The van der Waals surface area contributed by atoms with Crippen LogP contribution in [0.4, 0.5) is 0 Å². The molecule has 1 aromatic heterocycles. The third kappa shape index (κ3) is 3.13. The average molecular weight is 176 g/mol. The maximum atomic E-state index is 10.6. The molecular weight excluding hydrogens is 164 g/mol. The summed E-state index contributed by atoms with van der Waals surface area (Å²) in [5, 5.41) is 1.93. The molecule has 1 rings (SSSR count). The van der Waals surface area contributed by atoms with Crippen LogP contribution in [0.2, 0.25) is 0 Å². The van der Waals surface area contributed by atoms with E-state index in [2.05, 4.69) is 0 Å². The van der Waals surface area contributed by atoms with E-state index in [4.69, 9.17) is 0 Å². The first-order valence-electron chi connectivity index (χ1n) is 3.17. The van der Waals surface area contributed by atoms with Crippen molar-refractivity contribution in [2.75, 3.05) is 6.26 Å². The topological polar surface area (TPSA) is 17.1 Å². The Labute approximate surface area is 68.5 Å². The van der Waals surface area contributed by atoms with E-state index < -0.39 is 10.8 Å². The summed E-state index contributed by atoms with van der Waals surface area (Å²) in [6.07, 6.45) is 1.69. The molecule has 10 heavy (non-hydrogen) atoms.